The Bertz CT molecular complexity index is 601. The van der Waals surface area contributed by atoms with E-state index in [1.807, 2.05) is 12.1 Å². The van der Waals surface area contributed by atoms with Crippen molar-refractivity contribution in [2.24, 2.45) is 4.99 Å². The fourth-order valence-corrected chi connectivity index (χ4v) is 3.78. The Hall–Kier alpha value is -1.62. The van der Waals surface area contributed by atoms with Crippen LogP contribution < -0.4 is 10.6 Å². The van der Waals surface area contributed by atoms with Crippen LogP contribution in [0, 0.1) is 5.82 Å². The molecule has 0 unspecified atom stereocenters. The SMILES string of the molecule is CN=C(NCC1(c2ccccc2F)CC1)NC1CCN(C(C)C)CC1. The van der Waals surface area contributed by atoms with E-state index >= 15 is 0 Å². The largest absolute Gasteiger partial charge is 0.356 e. The van der Waals surface area contributed by atoms with Crippen molar-refractivity contribution in [2.75, 3.05) is 26.7 Å². The minimum Gasteiger partial charge on any atom is -0.356 e. The molecule has 1 heterocycles. The number of nitrogens with zero attached hydrogens (tertiary/aromatic N) is 2. The number of halogens is 1. The molecule has 1 aliphatic carbocycles. The molecule has 1 aromatic rings. The first-order valence-corrected chi connectivity index (χ1v) is 9.50. The van der Waals surface area contributed by atoms with E-state index in [1.165, 1.54) is 0 Å². The van der Waals surface area contributed by atoms with Gasteiger partial charge in [0.15, 0.2) is 5.96 Å². The lowest BCUT2D eigenvalue weighted by Gasteiger charge is -2.35. The fourth-order valence-electron chi connectivity index (χ4n) is 3.78. The van der Waals surface area contributed by atoms with E-state index in [0.717, 1.165) is 56.8 Å². The monoisotopic (exact) mass is 346 g/mol. The zero-order valence-electron chi connectivity index (χ0n) is 15.7. The van der Waals surface area contributed by atoms with Crippen molar-refractivity contribution >= 4 is 5.96 Å². The van der Waals surface area contributed by atoms with Crippen LogP contribution in [0.5, 0.6) is 0 Å². The molecular formula is C20H31FN4. The maximum absolute atomic E-state index is 14.1. The molecule has 0 spiro atoms. The van der Waals surface area contributed by atoms with Gasteiger partial charge in [-0.3, -0.25) is 4.99 Å². The molecule has 25 heavy (non-hydrogen) atoms. The molecule has 1 saturated heterocycles. The molecule has 2 aliphatic rings. The zero-order chi connectivity index (χ0) is 17.9. The van der Waals surface area contributed by atoms with Gasteiger partial charge in [-0.1, -0.05) is 18.2 Å². The summed E-state index contributed by atoms with van der Waals surface area (Å²) >= 11 is 0. The van der Waals surface area contributed by atoms with Gasteiger partial charge in [-0.05, 0) is 51.2 Å². The van der Waals surface area contributed by atoms with E-state index in [4.69, 9.17) is 0 Å². The lowest BCUT2D eigenvalue weighted by Crippen LogP contribution is -2.50. The highest BCUT2D eigenvalue weighted by Crippen LogP contribution is 2.48. The number of hydrogen-bond donors (Lipinski definition) is 2. The molecule has 2 fully saturated rings. The predicted octanol–water partition coefficient (Wildman–Crippen LogP) is 2.90. The quantitative estimate of drug-likeness (QED) is 0.636. The molecule has 138 valence electrons. The summed E-state index contributed by atoms with van der Waals surface area (Å²) in [5, 5.41) is 6.99. The summed E-state index contributed by atoms with van der Waals surface area (Å²) in [5.74, 6) is 0.747. The number of piperidine rings is 1. The lowest BCUT2D eigenvalue weighted by molar-refractivity contribution is 0.167. The molecule has 0 radical (unpaired) electrons. The van der Waals surface area contributed by atoms with Gasteiger partial charge in [-0.25, -0.2) is 4.39 Å². The molecule has 0 bridgehead atoms. The smallest absolute Gasteiger partial charge is 0.191 e. The number of nitrogens with one attached hydrogen (secondary N) is 2. The average Bonchev–Trinajstić information content (AvgIpc) is 3.40. The molecule has 1 aliphatic heterocycles. The van der Waals surface area contributed by atoms with Gasteiger partial charge >= 0.3 is 0 Å². The van der Waals surface area contributed by atoms with Crippen molar-refractivity contribution in [1.29, 1.82) is 0 Å². The van der Waals surface area contributed by atoms with E-state index in [-0.39, 0.29) is 11.2 Å². The van der Waals surface area contributed by atoms with Crippen molar-refractivity contribution in [2.45, 2.75) is 57.0 Å². The third-order valence-electron chi connectivity index (χ3n) is 5.72. The van der Waals surface area contributed by atoms with Crippen molar-refractivity contribution < 1.29 is 4.39 Å². The van der Waals surface area contributed by atoms with Crippen molar-refractivity contribution in [1.82, 2.24) is 15.5 Å². The van der Waals surface area contributed by atoms with Crippen LogP contribution in [-0.4, -0.2) is 49.6 Å². The molecule has 1 aromatic carbocycles. The standard InChI is InChI=1S/C20H31FN4/c1-15(2)25-12-8-16(9-13-25)24-19(22-3)23-14-20(10-11-20)17-6-4-5-7-18(17)21/h4-7,15-16H,8-14H2,1-3H3,(H2,22,23,24). The van der Waals surface area contributed by atoms with Gasteiger partial charge < -0.3 is 15.5 Å². The predicted molar refractivity (Wildman–Crippen MR) is 102 cm³/mol. The molecule has 1 saturated carbocycles. The molecule has 0 amide bonds. The zero-order valence-corrected chi connectivity index (χ0v) is 15.7. The lowest BCUT2D eigenvalue weighted by atomic mass is 9.95. The molecule has 2 N–H and O–H groups in total. The average molecular weight is 346 g/mol. The number of rotatable bonds is 5. The van der Waals surface area contributed by atoms with Gasteiger partial charge in [0.05, 0.1) is 0 Å². The molecule has 5 heteroatoms. The first-order chi connectivity index (χ1) is 12.0. The normalized spacial score (nSPS) is 21.4. The van der Waals surface area contributed by atoms with Gasteiger partial charge in [0.2, 0.25) is 0 Å². The van der Waals surface area contributed by atoms with Gasteiger partial charge in [-0.15, -0.1) is 0 Å². The van der Waals surface area contributed by atoms with Crippen LogP contribution in [0.25, 0.3) is 0 Å². The number of benzene rings is 1. The Balaban J connectivity index is 1.51. The first kappa shape index (κ1) is 18.2. The molecule has 0 atom stereocenters. The van der Waals surface area contributed by atoms with Crippen LogP contribution in [0.2, 0.25) is 0 Å². The number of hydrogen-bond acceptors (Lipinski definition) is 2. The summed E-state index contributed by atoms with van der Waals surface area (Å²) in [7, 11) is 1.81. The summed E-state index contributed by atoms with van der Waals surface area (Å²) in [6, 6.07) is 8.24. The van der Waals surface area contributed by atoms with E-state index in [2.05, 4.69) is 34.4 Å². The van der Waals surface area contributed by atoms with Crippen LogP contribution >= 0.6 is 0 Å². The Morgan fingerprint density at radius 2 is 1.96 bits per heavy atom. The van der Waals surface area contributed by atoms with Crippen LogP contribution in [0.15, 0.2) is 29.3 Å². The molecule has 4 nitrogen and oxygen atoms in total. The van der Waals surface area contributed by atoms with Crippen molar-refractivity contribution in [3.8, 4) is 0 Å². The number of likely N-dealkylation sites (tertiary alicyclic amines) is 1. The van der Waals surface area contributed by atoms with Crippen LogP contribution in [-0.2, 0) is 5.41 Å². The van der Waals surface area contributed by atoms with Crippen LogP contribution in [0.4, 0.5) is 4.39 Å². The van der Waals surface area contributed by atoms with Crippen LogP contribution in [0.1, 0.15) is 45.1 Å². The van der Waals surface area contributed by atoms with Gasteiger partial charge in [0.1, 0.15) is 5.82 Å². The third kappa shape index (κ3) is 4.32. The molecular weight excluding hydrogens is 315 g/mol. The maximum atomic E-state index is 14.1. The van der Waals surface area contributed by atoms with E-state index < -0.39 is 0 Å². The summed E-state index contributed by atoms with van der Waals surface area (Å²) < 4.78 is 14.1. The van der Waals surface area contributed by atoms with E-state index in [9.17, 15) is 4.39 Å². The van der Waals surface area contributed by atoms with Gasteiger partial charge in [0.25, 0.3) is 0 Å². The topological polar surface area (TPSA) is 39.7 Å². The highest BCUT2D eigenvalue weighted by molar-refractivity contribution is 5.80. The van der Waals surface area contributed by atoms with Crippen molar-refractivity contribution in [3.05, 3.63) is 35.6 Å². The second kappa shape index (κ2) is 7.73. The van der Waals surface area contributed by atoms with Crippen LogP contribution in [0.3, 0.4) is 0 Å². The van der Waals surface area contributed by atoms with Crippen molar-refractivity contribution in [3.63, 3.8) is 0 Å². The van der Waals surface area contributed by atoms with E-state index in [1.54, 1.807) is 19.2 Å². The second-order valence-electron chi connectivity index (χ2n) is 7.73. The fraction of sp³-hybridized carbons (Fsp3) is 0.650. The maximum Gasteiger partial charge on any atom is 0.191 e. The highest BCUT2D eigenvalue weighted by Gasteiger charge is 2.45. The Kier molecular flexibility index (Phi) is 5.62. The summed E-state index contributed by atoms with van der Waals surface area (Å²) in [5.41, 5.74) is 0.771. The Labute approximate surface area is 150 Å². The second-order valence-corrected chi connectivity index (χ2v) is 7.73. The molecule has 3 rings (SSSR count). The van der Waals surface area contributed by atoms with E-state index in [0.29, 0.717) is 12.1 Å². The number of aliphatic imine (C=N–C) groups is 1. The highest BCUT2D eigenvalue weighted by atomic mass is 19.1. The Morgan fingerprint density at radius 3 is 2.52 bits per heavy atom. The van der Waals surface area contributed by atoms with Gasteiger partial charge in [-0.2, -0.15) is 0 Å². The Morgan fingerprint density at radius 1 is 1.28 bits per heavy atom. The first-order valence-electron chi connectivity index (χ1n) is 9.50. The summed E-state index contributed by atoms with van der Waals surface area (Å²) in [6.07, 6.45) is 4.34. The minimum absolute atomic E-state index is 0.0655. The van der Waals surface area contributed by atoms with Gasteiger partial charge in [0, 0.05) is 44.2 Å². The minimum atomic E-state index is -0.0918. The number of guanidine groups is 1. The summed E-state index contributed by atoms with van der Waals surface area (Å²) in [4.78, 5) is 6.89. The molecule has 0 aromatic heterocycles. The third-order valence-corrected chi connectivity index (χ3v) is 5.72. The summed E-state index contributed by atoms with van der Waals surface area (Å²) in [6.45, 7) is 7.51.